The number of benzene rings is 1. The largest absolute Gasteiger partial charge is 0.357 e. The van der Waals surface area contributed by atoms with Gasteiger partial charge >= 0.3 is 0 Å². The molecule has 0 aliphatic carbocycles. The lowest BCUT2D eigenvalue weighted by atomic mass is 10.1. The third-order valence-electron chi connectivity index (χ3n) is 3.41. The molecule has 0 fully saturated rings. The third kappa shape index (κ3) is 3.94. The smallest absolute Gasteiger partial charge is 0.136 e. The van der Waals surface area contributed by atoms with E-state index in [1.807, 2.05) is 13.0 Å². The van der Waals surface area contributed by atoms with E-state index in [1.54, 1.807) is 0 Å². The molecule has 21 heavy (non-hydrogen) atoms. The Bertz CT molecular complexity index is 598. The SMILES string of the molecule is CCN(CC)c1cc(Nc2cc(C)cc(C)c2)nc(C)n1. The summed E-state index contributed by atoms with van der Waals surface area (Å²) in [6.45, 7) is 12.3. The molecule has 2 rings (SSSR count). The molecular formula is C17H24N4. The van der Waals surface area contributed by atoms with Crippen molar-refractivity contribution in [2.45, 2.75) is 34.6 Å². The summed E-state index contributed by atoms with van der Waals surface area (Å²) in [6.07, 6.45) is 0. The Morgan fingerprint density at radius 1 is 0.905 bits per heavy atom. The first kappa shape index (κ1) is 15.3. The van der Waals surface area contributed by atoms with E-state index in [9.17, 15) is 0 Å². The van der Waals surface area contributed by atoms with Gasteiger partial charge in [0.2, 0.25) is 0 Å². The lowest BCUT2D eigenvalue weighted by Gasteiger charge is -2.20. The first-order valence-electron chi connectivity index (χ1n) is 7.47. The van der Waals surface area contributed by atoms with E-state index in [0.29, 0.717) is 0 Å². The van der Waals surface area contributed by atoms with Gasteiger partial charge in [0.05, 0.1) is 0 Å². The van der Waals surface area contributed by atoms with Gasteiger partial charge in [0.25, 0.3) is 0 Å². The molecule has 0 radical (unpaired) electrons. The van der Waals surface area contributed by atoms with E-state index in [4.69, 9.17) is 0 Å². The van der Waals surface area contributed by atoms with Crippen molar-refractivity contribution in [1.82, 2.24) is 9.97 Å². The molecule has 1 N–H and O–H groups in total. The zero-order valence-corrected chi connectivity index (χ0v) is 13.6. The Morgan fingerprint density at radius 2 is 1.52 bits per heavy atom. The molecule has 1 aromatic heterocycles. The second kappa shape index (κ2) is 6.57. The molecule has 0 aliphatic rings. The molecule has 0 saturated carbocycles. The van der Waals surface area contributed by atoms with Crippen LogP contribution in [-0.4, -0.2) is 23.1 Å². The molecular weight excluding hydrogens is 260 g/mol. The molecule has 4 heteroatoms. The van der Waals surface area contributed by atoms with Crippen molar-refractivity contribution < 1.29 is 0 Å². The second-order valence-corrected chi connectivity index (χ2v) is 5.33. The molecule has 0 aliphatic heterocycles. The van der Waals surface area contributed by atoms with Crippen LogP contribution in [0.1, 0.15) is 30.8 Å². The van der Waals surface area contributed by atoms with Crippen molar-refractivity contribution >= 4 is 17.3 Å². The number of nitrogens with one attached hydrogen (secondary N) is 1. The van der Waals surface area contributed by atoms with Crippen LogP contribution in [0.4, 0.5) is 17.3 Å². The van der Waals surface area contributed by atoms with E-state index in [0.717, 1.165) is 36.2 Å². The minimum Gasteiger partial charge on any atom is -0.357 e. The average Bonchev–Trinajstić information content (AvgIpc) is 2.38. The molecule has 112 valence electrons. The molecule has 1 heterocycles. The second-order valence-electron chi connectivity index (χ2n) is 5.33. The van der Waals surface area contributed by atoms with E-state index in [-0.39, 0.29) is 0 Å². The van der Waals surface area contributed by atoms with Gasteiger partial charge < -0.3 is 10.2 Å². The first-order chi connectivity index (χ1) is 10.0. The van der Waals surface area contributed by atoms with Gasteiger partial charge in [-0.3, -0.25) is 0 Å². The fourth-order valence-electron chi connectivity index (χ4n) is 2.52. The van der Waals surface area contributed by atoms with Crippen LogP contribution in [0.5, 0.6) is 0 Å². The normalized spacial score (nSPS) is 10.5. The molecule has 1 aromatic carbocycles. The third-order valence-corrected chi connectivity index (χ3v) is 3.41. The van der Waals surface area contributed by atoms with Crippen LogP contribution >= 0.6 is 0 Å². The van der Waals surface area contributed by atoms with E-state index in [1.165, 1.54) is 11.1 Å². The maximum absolute atomic E-state index is 4.53. The van der Waals surface area contributed by atoms with Crippen molar-refractivity contribution in [3.05, 3.63) is 41.2 Å². The van der Waals surface area contributed by atoms with Crippen LogP contribution in [0.3, 0.4) is 0 Å². The molecule has 0 amide bonds. The van der Waals surface area contributed by atoms with Gasteiger partial charge in [-0.15, -0.1) is 0 Å². The van der Waals surface area contributed by atoms with E-state index < -0.39 is 0 Å². The van der Waals surface area contributed by atoms with Gasteiger partial charge in [-0.1, -0.05) is 6.07 Å². The quantitative estimate of drug-likeness (QED) is 0.901. The summed E-state index contributed by atoms with van der Waals surface area (Å²) in [5.41, 5.74) is 3.55. The minimum atomic E-state index is 0.784. The molecule has 4 nitrogen and oxygen atoms in total. The number of hydrogen-bond donors (Lipinski definition) is 1. The van der Waals surface area contributed by atoms with Gasteiger partial charge in [-0.25, -0.2) is 9.97 Å². The van der Waals surface area contributed by atoms with Crippen molar-refractivity contribution in [2.75, 3.05) is 23.3 Å². The minimum absolute atomic E-state index is 0.784. The molecule has 0 bridgehead atoms. The summed E-state index contributed by atoms with van der Waals surface area (Å²) in [7, 11) is 0. The number of rotatable bonds is 5. The van der Waals surface area contributed by atoms with Crippen molar-refractivity contribution in [3.63, 3.8) is 0 Å². The van der Waals surface area contributed by atoms with Crippen molar-refractivity contribution in [1.29, 1.82) is 0 Å². The van der Waals surface area contributed by atoms with Crippen LogP contribution < -0.4 is 10.2 Å². The standard InChI is InChI=1S/C17H24N4/c1-6-21(7-2)17-11-16(18-14(5)19-17)20-15-9-12(3)8-13(4)10-15/h8-11H,6-7H2,1-5H3,(H,18,19,20). The summed E-state index contributed by atoms with van der Waals surface area (Å²) in [5.74, 6) is 2.60. The lowest BCUT2D eigenvalue weighted by molar-refractivity contribution is 0.835. The predicted molar refractivity (Wildman–Crippen MR) is 89.5 cm³/mol. The van der Waals surface area contributed by atoms with Crippen LogP contribution in [0, 0.1) is 20.8 Å². The maximum Gasteiger partial charge on any atom is 0.136 e. The Hall–Kier alpha value is -2.10. The summed E-state index contributed by atoms with van der Waals surface area (Å²) in [6, 6.07) is 8.43. The highest BCUT2D eigenvalue weighted by Gasteiger charge is 2.08. The maximum atomic E-state index is 4.53. The molecule has 2 aromatic rings. The van der Waals surface area contributed by atoms with Crippen LogP contribution in [-0.2, 0) is 0 Å². The van der Waals surface area contributed by atoms with Crippen molar-refractivity contribution in [3.8, 4) is 0 Å². The number of anilines is 3. The zero-order chi connectivity index (χ0) is 15.4. The molecule has 0 saturated heterocycles. The highest BCUT2D eigenvalue weighted by molar-refractivity contribution is 5.61. The van der Waals surface area contributed by atoms with Gasteiger partial charge in [0, 0.05) is 24.8 Å². The predicted octanol–water partition coefficient (Wildman–Crippen LogP) is 3.99. The van der Waals surface area contributed by atoms with E-state index in [2.05, 4.69) is 66.1 Å². The fourth-order valence-corrected chi connectivity index (χ4v) is 2.52. The zero-order valence-electron chi connectivity index (χ0n) is 13.6. The van der Waals surface area contributed by atoms with Gasteiger partial charge in [0.1, 0.15) is 17.5 Å². The summed E-state index contributed by atoms with van der Waals surface area (Å²) < 4.78 is 0. The summed E-state index contributed by atoms with van der Waals surface area (Å²) in [4.78, 5) is 11.2. The Labute approximate surface area is 127 Å². The van der Waals surface area contributed by atoms with Crippen molar-refractivity contribution in [2.24, 2.45) is 0 Å². The first-order valence-corrected chi connectivity index (χ1v) is 7.47. The molecule has 0 unspecified atom stereocenters. The Morgan fingerprint density at radius 3 is 2.10 bits per heavy atom. The fraction of sp³-hybridized carbons (Fsp3) is 0.412. The topological polar surface area (TPSA) is 41.0 Å². The van der Waals surface area contributed by atoms with Crippen LogP contribution in [0.2, 0.25) is 0 Å². The molecule has 0 atom stereocenters. The Kier molecular flexibility index (Phi) is 4.78. The summed E-state index contributed by atoms with van der Waals surface area (Å²) in [5, 5.41) is 3.39. The molecule has 0 spiro atoms. The van der Waals surface area contributed by atoms with Gasteiger partial charge in [-0.05, 0) is 57.9 Å². The monoisotopic (exact) mass is 284 g/mol. The van der Waals surface area contributed by atoms with Gasteiger partial charge in [0.15, 0.2) is 0 Å². The lowest BCUT2D eigenvalue weighted by Crippen LogP contribution is -2.23. The highest BCUT2D eigenvalue weighted by Crippen LogP contribution is 2.21. The van der Waals surface area contributed by atoms with E-state index >= 15 is 0 Å². The Balaban J connectivity index is 2.31. The number of hydrogen-bond acceptors (Lipinski definition) is 4. The number of aromatic nitrogens is 2. The van der Waals surface area contributed by atoms with Crippen LogP contribution in [0.15, 0.2) is 24.3 Å². The number of nitrogens with zero attached hydrogens (tertiary/aromatic N) is 3. The average molecular weight is 284 g/mol. The van der Waals surface area contributed by atoms with Crippen LogP contribution in [0.25, 0.3) is 0 Å². The summed E-state index contributed by atoms with van der Waals surface area (Å²) >= 11 is 0. The highest BCUT2D eigenvalue weighted by atomic mass is 15.2. The van der Waals surface area contributed by atoms with Gasteiger partial charge in [-0.2, -0.15) is 0 Å². The number of aryl methyl sites for hydroxylation is 3.